The summed E-state index contributed by atoms with van der Waals surface area (Å²) in [5.41, 5.74) is 0. The Balaban J connectivity index is 2.17. The number of ether oxygens (including phenoxy) is 1. The van der Waals surface area contributed by atoms with Crippen molar-refractivity contribution in [3.63, 3.8) is 0 Å². The summed E-state index contributed by atoms with van der Waals surface area (Å²) in [6.45, 7) is 8.66. The van der Waals surface area contributed by atoms with Crippen LogP contribution in [0.15, 0.2) is 12.7 Å². The van der Waals surface area contributed by atoms with E-state index < -0.39 is 0 Å². The number of likely N-dealkylation sites (tertiary alicyclic amines) is 1. The van der Waals surface area contributed by atoms with Crippen LogP contribution in [0.5, 0.6) is 0 Å². The van der Waals surface area contributed by atoms with Crippen LogP contribution in [0.25, 0.3) is 0 Å². The van der Waals surface area contributed by atoms with Crippen molar-refractivity contribution in [1.29, 1.82) is 0 Å². The molecule has 1 unspecified atom stereocenters. The van der Waals surface area contributed by atoms with E-state index in [1.54, 1.807) is 6.08 Å². The van der Waals surface area contributed by atoms with Gasteiger partial charge in [0.15, 0.2) is 0 Å². The summed E-state index contributed by atoms with van der Waals surface area (Å²) in [6, 6.07) is 0. The Morgan fingerprint density at radius 3 is 2.80 bits per heavy atom. The maximum atomic E-state index is 11.9. The molecular weight excluding hydrogens is 190 g/mol. The highest BCUT2D eigenvalue weighted by Gasteiger charge is 2.22. The van der Waals surface area contributed by atoms with Gasteiger partial charge in [-0.05, 0) is 19.3 Å². The zero-order valence-electron chi connectivity index (χ0n) is 9.58. The normalized spacial score (nSPS) is 17.8. The fourth-order valence-corrected chi connectivity index (χ4v) is 1.80. The minimum absolute atomic E-state index is 0.0907. The molecule has 3 heteroatoms. The Morgan fingerprint density at radius 1 is 1.53 bits per heavy atom. The summed E-state index contributed by atoms with van der Waals surface area (Å²) in [5.74, 6) is 0.377. The van der Waals surface area contributed by atoms with Crippen molar-refractivity contribution in [1.82, 2.24) is 4.90 Å². The molecule has 0 spiro atoms. The summed E-state index contributed by atoms with van der Waals surface area (Å²) >= 11 is 0. The molecule has 1 saturated heterocycles. The van der Waals surface area contributed by atoms with Gasteiger partial charge in [-0.25, -0.2) is 0 Å². The fourth-order valence-electron chi connectivity index (χ4n) is 1.80. The predicted molar refractivity (Wildman–Crippen MR) is 60.6 cm³/mol. The van der Waals surface area contributed by atoms with E-state index in [0.29, 0.717) is 13.2 Å². The molecule has 1 fully saturated rings. The largest absolute Gasteiger partial charge is 0.377 e. The Bertz CT molecular complexity index is 210. The van der Waals surface area contributed by atoms with E-state index in [-0.39, 0.29) is 11.8 Å². The Labute approximate surface area is 92.1 Å². The van der Waals surface area contributed by atoms with E-state index in [9.17, 15) is 4.79 Å². The second kappa shape index (κ2) is 6.62. The van der Waals surface area contributed by atoms with Gasteiger partial charge in [-0.3, -0.25) is 4.79 Å². The van der Waals surface area contributed by atoms with Crippen LogP contribution in [0.3, 0.4) is 0 Å². The van der Waals surface area contributed by atoms with E-state index in [4.69, 9.17) is 4.74 Å². The van der Waals surface area contributed by atoms with Crippen LogP contribution in [0.2, 0.25) is 0 Å². The van der Waals surface area contributed by atoms with Crippen LogP contribution in [-0.4, -0.2) is 37.1 Å². The van der Waals surface area contributed by atoms with Crippen molar-refractivity contribution >= 4 is 5.91 Å². The van der Waals surface area contributed by atoms with Gasteiger partial charge in [0.2, 0.25) is 5.91 Å². The minimum atomic E-state index is 0.0907. The van der Waals surface area contributed by atoms with Crippen LogP contribution in [0.4, 0.5) is 0 Å². The molecule has 86 valence electrons. The van der Waals surface area contributed by atoms with Crippen LogP contribution in [0, 0.1) is 5.92 Å². The van der Waals surface area contributed by atoms with E-state index in [0.717, 1.165) is 32.4 Å². The van der Waals surface area contributed by atoms with Crippen molar-refractivity contribution in [2.24, 2.45) is 5.92 Å². The molecule has 3 nitrogen and oxygen atoms in total. The number of hydrogen-bond donors (Lipinski definition) is 0. The molecule has 1 aliphatic rings. The van der Waals surface area contributed by atoms with E-state index in [2.05, 4.69) is 6.58 Å². The first-order chi connectivity index (χ1) is 7.25. The first-order valence-electron chi connectivity index (χ1n) is 5.73. The quantitative estimate of drug-likeness (QED) is 0.495. The van der Waals surface area contributed by atoms with Gasteiger partial charge < -0.3 is 9.64 Å². The molecule has 0 radical (unpaired) electrons. The van der Waals surface area contributed by atoms with Gasteiger partial charge in [0.05, 0.1) is 6.61 Å². The number of nitrogens with zero attached hydrogens (tertiary/aromatic N) is 1. The standard InChI is InChI=1S/C12H21NO2/c1-3-9-15-10-6-11(2)12(14)13-7-4-5-8-13/h3,11H,1,4-10H2,2H3. The highest BCUT2D eigenvalue weighted by molar-refractivity contribution is 5.78. The molecule has 1 amide bonds. The topological polar surface area (TPSA) is 29.5 Å². The molecule has 0 saturated carbocycles. The predicted octanol–water partition coefficient (Wildman–Crippen LogP) is 1.84. The number of carbonyl (C=O) groups excluding carboxylic acids is 1. The zero-order valence-corrected chi connectivity index (χ0v) is 9.58. The highest BCUT2D eigenvalue weighted by atomic mass is 16.5. The van der Waals surface area contributed by atoms with E-state index >= 15 is 0 Å². The average Bonchev–Trinajstić information content (AvgIpc) is 2.76. The maximum Gasteiger partial charge on any atom is 0.225 e. The zero-order chi connectivity index (χ0) is 11.1. The molecule has 1 atom stereocenters. The molecule has 0 bridgehead atoms. The molecule has 1 heterocycles. The summed E-state index contributed by atoms with van der Waals surface area (Å²) in [4.78, 5) is 13.8. The molecule has 0 aromatic carbocycles. The van der Waals surface area contributed by atoms with Crippen molar-refractivity contribution in [3.8, 4) is 0 Å². The first-order valence-corrected chi connectivity index (χ1v) is 5.73. The smallest absolute Gasteiger partial charge is 0.225 e. The first kappa shape index (κ1) is 12.2. The lowest BCUT2D eigenvalue weighted by Crippen LogP contribution is -2.33. The fraction of sp³-hybridized carbons (Fsp3) is 0.750. The van der Waals surface area contributed by atoms with Gasteiger partial charge in [0.1, 0.15) is 0 Å². The lowest BCUT2D eigenvalue weighted by Gasteiger charge is -2.20. The van der Waals surface area contributed by atoms with Crippen molar-refractivity contribution < 1.29 is 9.53 Å². The van der Waals surface area contributed by atoms with E-state index in [1.165, 1.54) is 0 Å². The van der Waals surface area contributed by atoms with Crippen molar-refractivity contribution in [3.05, 3.63) is 12.7 Å². The van der Waals surface area contributed by atoms with Crippen LogP contribution in [-0.2, 0) is 9.53 Å². The van der Waals surface area contributed by atoms with Crippen LogP contribution in [0.1, 0.15) is 26.2 Å². The van der Waals surface area contributed by atoms with Gasteiger partial charge in [-0.15, -0.1) is 6.58 Å². The SMILES string of the molecule is C=CCOCCC(C)C(=O)N1CCCC1. The van der Waals surface area contributed by atoms with Gasteiger partial charge in [0, 0.05) is 25.6 Å². The number of hydrogen-bond acceptors (Lipinski definition) is 2. The summed E-state index contributed by atoms with van der Waals surface area (Å²) in [6.07, 6.45) is 4.85. The molecule has 1 aliphatic heterocycles. The van der Waals surface area contributed by atoms with Crippen molar-refractivity contribution in [2.75, 3.05) is 26.3 Å². The Hall–Kier alpha value is -0.830. The third kappa shape index (κ3) is 4.04. The lowest BCUT2D eigenvalue weighted by molar-refractivity contribution is -0.134. The Morgan fingerprint density at radius 2 is 2.20 bits per heavy atom. The van der Waals surface area contributed by atoms with Gasteiger partial charge in [-0.1, -0.05) is 13.0 Å². The van der Waals surface area contributed by atoms with Crippen molar-refractivity contribution in [2.45, 2.75) is 26.2 Å². The Kier molecular flexibility index (Phi) is 5.40. The molecule has 0 aromatic rings. The number of rotatable bonds is 6. The monoisotopic (exact) mass is 211 g/mol. The molecule has 0 N–H and O–H groups in total. The molecule has 15 heavy (non-hydrogen) atoms. The average molecular weight is 211 g/mol. The highest BCUT2D eigenvalue weighted by Crippen LogP contribution is 2.13. The van der Waals surface area contributed by atoms with Gasteiger partial charge in [-0.2, -0.15) is 0 Å². The van der Waals surface area contributed by atoms with Gasteiger partial charge >= 0.3 is 0 Å². The van der Waals surface area contributed by atoms with Crippen LogP contribution >= 0.6 is 0 Å². The third-order valence-corrected chi connectivity index (χ3v) is 2.77. The number of amides is 1. The summed E-state index contributed by atoms with van der Waals surface area (Å²) < 4.78 is 5.28. The lowest BCUT2D eigenvalue weighted by atomic mass is 10.1. The summed E-state index contributed by atoms with van der Waals surface area (Å²) in [5, 5.41) is 0. The summed E-state index contributed by atoms with van der Waals surface area (Å²) in [7, 11) is 0. The molecule has 0 aliphatic carbocycles. The number of carbonyl (C=O) groups is 1. The third-order valence-electron chi connectivity index (χ3n) is 2.77. The second-order valence-electron chi connectivity index (χ2n) is 4.09. The molecule has 0 aromatic heterocycles. The second-order valence-corrected chi connectivity index (χ2v) is 4.09. The maximum absolute atomic E-state index is 11.9. The van der Waals surface area contributed by atoms with Crippen LogP contribution < -0.4 is 0 Å². The minimum Gasteiger partial charge on any atom is -0.377 e. The molecule has 1 rings (SSSR count). The molecular formula is C12H21NO2. The van der Waals surface area contributed by atoms with E-state index in [1.807, 2.05) is 11.8 Å². The van der Waals surface area contributed by atoms with Gasteiger partial charge in [0.25, 0.3) is 0 Å².